The van der Waals surface area contributed by atoms with Gasteiger partial charge in [0.1, 0.15) is 11.5 Å². The molecular formula is C17H18BrNO3. The molecule has 0 aliphatic rings. The van der Waals surface area contributed by atoms with Crippen LogP contribution in [0.25, 0.3) is 0 Å². The summed E-state index contributed by atoms with van der Waals surface area (Å²) in [6.07, 6.45) is 0.955. The van der Waals surface area contributed by atoms with Gasteiger partial charge in [-0.05, 0) is 48.4 Å². The molecule has 22 heavy (non-hydrogen) atoms. The van der Waals surface area contributed by atoms with Crippen molar-refractivity contribution in [3.8, 4) is 11.5 Å². The molecule has 2 rings (SSSR count). The van der Waals surface area contributed by atoms with Crippen molar-refractivity contribution in [3.05, 3.63) is 52.5 Å². The minimum absolute atomic E-state index is 0.0389. The molecule has 5 heteroatoms. The third-order valence-corrected chi connectivity index (χ3v) is 3.71. The summed E-state index contributed by atoms with van der Waals surface area (Å²) in [5.74, 6) is 1.47. The molecule has 0 aliphatic heterocycles. The average molecular weight is 364 g/mol. The zero-order valence-corrected chi connectivity index (χ0v) is 14.1. The number of halogens is 1. The molecule has 0 heterocycles. The van der Waals surface area contributed by atoms with E-state index < -0.39 is 0 Å². The van der Waals surface area contributed by atoms with Crippen molar-refractivity contribution in [2.75, 3.05) is 19.5 Å². The number of methoxy groups -OCH3 is 2. The summed E-state index contributed by atoms with van der Waals surface area (Å²) in [5, 5.41) is 2.88. The molecule has 0 aromatic heterocycles. The minimum Gasteiger partial charge on any atom is -0.497 e. The first-order valence-electron chi connectivity index (χ1n) is 6.88. The highest BCUT2D eigenvalue weighted by atomic mass is 79.9. The molecule has 116 valence electrons. The Morgan fingerprint density at radius 2 is 1.95 bits per heavy atom. The monoisotopic (exact) mass is 363 g/mol. The lowest BCUT2D eigenvalue weighted by Crippen LogP contribution is -2.12. The number of rotatable bonds is 6. The molecule has 2 aromatic carbocycles. The van der Waals surface area contributed by atoms with Gasteiger partial charge in [-0.15, -0.1) is 0 Å². The van der Waals surface area contributed by atoms with Gasteiger partial charge in [0.05, 0.1) is 14.2 Å². The first-order chi connectivity index (χ1) is 10.6. The molecule has 0 unspecified atom stereocenters. The van der Waals surface area contributed by atoms with Gasteiger partial charge in [-0.25, -0.2) is 0 Å². The third-order valence-electron chi connectivity index (χ3n) is 3.22. The predicted octanol–water partition coefficient (Wildman–Crippen LogP) is 4.04. The van der Waals surface area contributed by atoms with E-state index in [0.29, 0.717) is 12.8 Å². The van der Waals surface area contributed by atoms with Crippen molar-refractivity contribution >= 4 is 27.5 Å². The van der Waals surface area contributed by atoms with Crippen molar-refractivity contribution in [1.82, 2.24) is 0 Å². The summed E-state index contributed by atoms with van der Waals surface area (Å²) >= 11 is 3.38. The second-order valence-corrected chi connectivity index (χ2v) is 5.65. The van der Waals surface area contributed by atoms with Gasteiger partial charge >= 0.3 is 0 Å². The fraction of sp³-hybridized carbons (Fsp3) is 0.235. The second-order valence-electron chi connectivity index (χ2n) is 4.74. The van der Waals surface area contributed by atoms with Crippen LogP contribution in [0.15, 0.2) is 46.9 Å². The van der Waals surface area contributed by atoms with Gasteiger partial charge in [-0.1, -0.05) is 22.0 Å². The van der Waals surface area contributed by atoms with Gasteiger partial charge in [0.25, 0.3) is 0 Å². The van der Waals surface area contributed by atoms with Crippen LogP contribution in [-0.2, 0) is 11.2 Å². The maximum atomic E-state index is 12.1. The van der Waals surface area contributed by atoms with E-state index in [9.17, 15) is 4.79 Å². The Morgan fingerprint density at radius 3 is 2.64 bits per heavy atom. The number of hydrogen-bond acceptors (Lipinski definition) is 3. The Balaban J connectivity index is 1.98. The van der Waals surface area contributed by atoms with Gasteiger partial charge in [0.2, 0.25) is 5.91 Å². The predicted molar refractivity (Wildman–Crippen MR) is 90.6 cm³/mol. The van der Waals surface area contributed by atoms with Crippen LogP contribution in [0.1, 0.15) is 12.0 Å². The lowest BCUT2D eigenvalue weighted by molar-refractivity contribution is -0.116. The molecular weight excluding hydrogens is 346 g/mol. The van der Waals surface area contributed by atoms with E-state index in [-0.39, 0.29) is 5.91 Å². The van der Waals surface area contributed by atoms with E-state index in [1.165, 1.54) is 0 Å². The number of carbonyl (C=O) groups excluding carboxylic acids is 1. The highest BCUT2D eigenvalue weighted by molar-refractivity contribution is 9.10. The zero-order chi connectivity index (χ0) is 15.9. The van der Waals surface area contributed by atoms with Crippen LogP contribution < -0.4 is 14.8 Å². The normalized spacial score (nSPS) is 10.1. The SMILES string of the molecule is COc1ccc(OC)c(CCC(=O)Nc2cccc(Br)c2)c1. The Hall–Kier alpha value is -2.01. The first-order valence-corrected chi connectivity index (χ1v) is 7.68. The molecule has 0 bridgehead atoms. The highest BCUT2D eigenvalue weighted by Gasteiger charge is 2.09. The number of aryl methyl sites for hydroxylation is 1. The first kappa shape index (κ1) is 16.4. The average Bonchev–Trinajstić information content (AvgIpc) is 2.52. The molecule has 0 fully saturated rings. The summed E-state index contributed by atoms with van der Waals surface area (Å²) in [4.78, 5) is 12.1. The summed E-state index contributed by atoms with van der Waals surface area (Å²) < 4.78 is 11.5. The third kappa shape index (κ3) is 4.49. The van der Waals surface area contributed by atoms with E-state index in [2.05, 4.69) is 21.2 Å². The minimum atomic E-state index is -0.0389. The van der Waals surface area contributed by atoms with Crippen LogP contribution in [-0.4, -0.2) is 20.1 Å². The van der Waals surface area contributed by atoms with Gasteiger partial charge in [-0.2, -0.15) is 0 Å². The van der Waals surface area contributed by atoms with Crippen molar-refractivity contribution in [2.45, 2.75) is 12.8 Å². The fourth-order valence-corrected chi connectivity index (χ4v) is 2.51. The molecule has 0 spiro atoms. The summed E-state index contributed by atoms with van der Waals surface area (Å²) in [6, 6.07) is 13.1. The van der Waals surface area contributed by atoms with Crippen LogP contribution in [0.4, 0.5) is 5.69 Å². The molecule has 0 saturated carbocycles. The van der Waals surface area contributed by atoms with Crippen LogP contribution >= 0.6 is 15.9 Å². The van der Waals surface area contributed by atoms with Crippen LogP contribution in [0.3, 0.4) is 0 Å². The lowest BCUT2D eigenvalue weighted by Gasteiger charge is -2.10. The van der Waals surface area contributed by atoms with E-state index in [4.69, 9.17) is 9.47 Å². The van der Waals surface area contributed by atoms with E-state index >= 15 is 0 Å². The molecule has 4 nitrogen and oxygen atoms in total. The van der Waals surface area contributed by atoms with Gasteiger partial charge < -0.3 is 14.8 Å². The number of benzene rings is 2. The van der Waals surface area contributed by atoms with E-state index in [0.717, 1.165) is 27.2 Å². The molecule has 1 N–H and O–H groups in total. The van der Waals surface area contributed by atoms with E-state index in [1.807, 2.05) is 42.5 Å². The summed E-state index contributed by atoms with van der Waals surface area (Å²) in [6.45, 7) is 0. The molecule has 0 atom stereocenters. The van der Waals surface area contributed by atoms with Gasteiger partial charge in [-0.3, -0.25) is 4.79 Å². The van der Waals surface area contributed by atoms with Crippen molar-refractivity contribution < 1.29 is 14.3 Å². The topological polar surface area (TPSA) is 47.6 Å². The number of ether oxygens (including phenoxy) is 2. The molecule has 0 saturated heterocycles. The fourth-order valence-electron chi connectivity index (χ4n) is 2.12. The number of carbonyl (C=O) groups is 1. The number of amides is 1. The van der Waals surface area contributed by atoms with Crippen LogP contribution in [0.5, 0.6) is 11.5 Å². The smallest absolute Gasteiger partial charge is 0.224 e. The largest absolute Gasteiger partial charge is 0.497 e. The maximum Gasteiger partial charge on any atom is 0.224 e. The van der Waals surface area contributed by atoms with Crippen molar-refractivity contribution in [3.63, 3.8) is 0 Å². The Morgan fingerprint density at radius 1 is 1.14 bits per heavy atom. The molecule has 1 amide bonds. The Labute approximate surface area is 138 Å². The van der Waals surface area contributed by atoms with Gasteiger partial charge in [0.15, 0.2) is 0 Å². The summed E-state index contributed by atoms with van der Waals surface area (Å²) in [5.41, 5.74) is 1.73. The van der Waals surface area contributed by atoms with Crippen LogP contribution in [0.2, 0.25) is 0 Å². The van der Waals surface area contributed by atoms with Crippen molar-refractivity contribution in [2.24, 2.45) is 0 Å². The molecule has 0 radical (unpaired) electrons. The zero-order valence-electron chi connectivity index (χ0n) is 12.6. The Kier molecular flexibility index (Phi) is 5.83. The van der Waals surface area contributed by atoms with E-state index in [1.54, 1.807) is 14.2 Å². The van der Waals surface area contributed by atoms with Crippen molar-refractivity contribution in [1.29, 1.82) is 0 Å². The lowest BCUT2D eigenvalue weighted by atomic mass is 10.1. The standard InChI is InChI=1S/C17H18BrNO3/c1-21-15-7-8-16(22-2)12(10-15)6-9-17(20)19-14-5-3-4-13(18)11-14/h3-5,7-8,10-11H,6,9H2,1-2H3,(H,19,20). The second kappa shape index (κ2) is 7.84. The highest BCUT2D eigenvalue weighted by Crippen LogP contribution is 2.25. The molecule has 0 aliphatic carbocycles. The summed E-state index contributed by atoms with van der Waals surface area (Å²) in [7, 11) is 3.23. The van der Waals surface area contributed by atoms with Gasteiger partial charge in [0, 0.05) is 16.6 Å². The number of nitrogens with one attached hydrogen (secondary N) is 1. The Bertz CT molecular complexity index is 658. The number of hydrogen-bond donors (Lipinski definition) is 1. The number of anilines is 1. The maximum absolute atomic E-state index is 12.1. The molecule has 2 aromatic rings. The quantitative estimate of drug-likeness (QED) is 0.842. The van der Waals surface area contributed by atoms with Crippen LogP contribution in [0, 0.1) is 0 Å².